The first-order chi connectivity index (χ1) is 6.27. The van der Waals surface area contributed by atoms with Crippen molar-refractivity contribution in [2.75, 3.05) is 6.54 Å². The first-order valence-corrected chi connectivity index (χ1v) is 4.97. The molecule has 2 rings (SSSR count). The van der Waals surface area contributed by atoms with Gasteiger partial charge in [-0.2, -0.15) is 0 Å². The minimum absolute atomic E-state index is 0.472. The van der Waals surface area contributed by atoms with Gasteiger partial charge in [-0.25, -0.2) is 4.98 Å². The summed E-state index contributed by atoms with van der Waals surface area (Å²) in [6.07, 6.45) is 4.34. The number of hydrogen-bond acceptors (Lipinski definition) is 3. The van der Waals surface area contributed by atoms with Crippen LogP contribution in [0.15, 0.2) is 6.20 Å². The summed E-state index contributed by atoms with van der Waals surface area (Å²) in [5.41, 5.74) is 2.39. The molecule has 70 valence electrons. The SMILES string of the molecule is Cc1[nH]c(=S)ncc1C1CCCN1. The van der Waals surface area contributed by atoms with Gasteiger partial charge in [0.25, 0.3) is 0 Å². The molecule has 0 bridgehead atoms. The zero-order chi connectivity index (χ0) is 9.26. The van der Waals surface area contributed by atoms with Crippen molar-refractivity contribution in [2.24, 2.45) is 0 Å². The Morgan fingerprint density at radius 2 is 2.46 bits per heavy atom. The standard InChI is InChI=1S/C9H13N3S/c1-6-7(5-11-9(13)12-6)8-3-2-4-10-8/h5,8,10H,2-4H2,1H3,(H,11,12,13). The summed E-state index contributed by atoms with van der Waals surface area (Å²) in [7, 11) is 0. The van der Waals surface area contributed by atoms with E-state index in [2.05, 4.69) is 15.3 Å². The van der Waals surface area contributed by atoms with Gasteiger partial charge in [0.1, 0.15) is 0 Å². The Morgan fingerprint density at radius 1 is 1.62 bits per heavy atom. The molecule has 2 N–H and O–H groups in total. The van der Waals surface area contributed by atoms with Crippen LogP contribution < -0.4 is 5.32 Å². The molecular formula is C9H13N3S. The van der Waals surface area contributed by atoms with Crippen LogP contribution in [0.3, 0.4) is 0 Å². The minimum atomic E-state index is 0.472. The maximum absolute atomic E-state index is 4.95. The van der Waals surface area contributed by atoms with Gasteiger partial charge in [-0.15, -0.1) is 0 Å². The van der Waals surface area contributed by atoms with Gasteiger partial charge in [0.2, 0.25) is 0 Å². The van der Waals surface area contributed by atoms with Crippen LogP contribution in [0.5, 0.6) is 0 Å². The highest BCUT2D eigenvalue weighted by Crippen LogP contribution is 2.23. The van der Waals surface area contributed by atoms with Gasteiger partial charge in [-0.3, -0.25) is 0 Å². The number of H-pyrrole nitrogens is 1. The highest BCUT2D eigenvalue weighted by molar-refractivity contribution is 7.71. The van der Waals surface area contributed by atoms with E-state index in [4.69, 9.17) is 12.2 Å². The molecule has 3 nitrogen and oxygen atoms in total. The van der Waals surface area contributed by atoms with Crippen molar-refractivity contribution in [3.63, 3.8) is 0 Å². The molecule has 0 radical (unpaired) electrons. The topological polar surface area (TPSA) is 40.7 Å². The Kier molecular flexibility index (Phi) is 2.42. The van der Waals surface area contributed by atoms with E-state index in [1.54, 1.807) is 0 Å². The number of nitrogens with one attached hydrogen (secondary N) is 2. The summed E-state index contributed by atoms with van der Waals surface area (Å²) < 4.78 is 0.569. The van der Waals surface area contributed by atoms with Crippen LogP contribution in [0.1, 0.15) is 30.1 Å². The van der Waals surface area contributed by atoms with Crippen LogP contribution in [-0.2, 0) is 0 Å². The molecule has 2 heterocycles. The van der Waals surface area contributed by atoms with Crippen molar-refractivity contribution in [1.82, 2.24) is 15.3 Å². The molecule has 13 heavy (non-hydrogen) atoms. The lowest BCUT2D eigenvalue weighted by atomic mass is 10.1. The molecule has 0 spiro atoms. The highest BCUT2D eigenvalue weighted by atomic mass is 32.1. The van der Waals surface area contributed by atoms with E-state index in [0.717, 1.165) is 12.2 Å². The van der Waals surface area contributed by atoms with Gasteiger partial charge in [-0.05, 0) is 38.5 Å². The fourth-order valence-electron chi connectivity index (χ4n) is 1.79. The second-order valence-electron chi connectivity index (χ2n) is 3.42. The number of rotatable bonds is 1. The quantitative estimate of drug-likeness (QED) is 0.672. The summed E-state index contributed by atoms with van der Waals surface area (Å²) >= 11 is 4.95. The number of nitrogens with zero attached hydrogens (tertiary/aromatic N) is 1. The Labute approximate surface area is 82.6 Å². The van der Waals surface area contributed by atoms with Crippen molar-refractivity contribution in [3.8, 4) is 0 Å². The van der Waals surface area contributed by atoms with E-state index in [1.165, 1.54) is 18.4 Å². The van der Waals surface area contributed by atoms with Crippen LogP contribution >= 0.6 is 12.2 Å². The lowest BCUT2D eigenvalue weighted by molar-refractivity contribution is 0.635. The van der Waals surface area contributed by atoms with Crippen molar-refractivity contribution in [2.45, 2.75) is 25.8 Å². The zero-order valence-electron chi connectivity index (χ0n) is 7.63. The molecule has 1 saturated heterocycles. The van der Waals surface area contributed by atoms with Crippen LogP contribution in [0, 0.1) is 11.7 Å². The van der Waals surface area contributed by atoms with E-state index in [-0.39, 0.29) is 0 Å². The van der Waals surface area contributed by atoms with E-state index in [1.807, 2.05) is 13.1 Å². The lowest BCUT2D eigenvalue weighted by Crippen LogP contribution is -2.14. The number of aromatic amines is 1. The van der Waals surface area contributed by atoms with Gasteiger partial charge in [0.05, 0.1) is 0 Å². The van der Waals surface area contributed by atoms with Gasteiger partial charge in [-0.1, -0.05) is 0 Å². The van der Waals surface area contributed by atoms with Gasteiger partial charge < -0.3 is 10.3 Å². The zero-order valence-corrected chi connectivity index (χ0v) is 8.45. The molecule has 1 fully saturated rings. The molecule has 1 aromatic rings. The fraction of sp³-hybridized carbons (Fsp3) is 0.556. The summed E-state index contributed by atoms with van der Waals surface area (Å²) in [5.74, 6) is 0. The van der Waals surface area contributed by atoms with Crippen molar-refractivity contribution >= 4 is 12.2 Å². The van der Waals surface area contributed by atoms with Gasteiger partial charge in [0.15, 0.2) is 4.77 Å². The molecule has 1 aliphatic rings. The van der Waals surface area contributed by atoms with Crippen molar-refractivity contribution in [1.29, 1.82) is 0 Å². The number of aromatic nitrogens is 2. The second kappa shape index (κ2) is 3.55. The van der Waals surface area contributed by atoms with Crippen molar-refractivity contribution in [3.05, 3.63) is 22.2 Å². The van der Waals surface area contributed by atoms with Crippen molar-refractivity contribution < 1.29 is 0 Å². The molecule has 1 unspecified atom stereocenters. The van der Waals surface area contributed by atoms with Gasteiger partial charge >= 0.3 is 0 Å². The average molecular weight is 195 g/mol. The monoisotopic (exact) mass is 195 g/mol. The number of hydrogen-bond donors (Lipinski definition) is 2. The largest absolute Gasteiger partial charge is 0.334 e. The summed E-state index contributed by atoms with van der Waals surface area (Å²) in [5, 5.41) is 3.44. The first-order valence-electron chi connectivity index (χ1n) is 4.56. The smallest absolute Gasteiger partial charge is 0.196 e. The number of aryl methyl sites for hydroxylation is 1. The van der Waals surface area contributed by atoms with Crippen LogP contribution in [0.25, 0.3) is 0 Å². The normalized spacial score (nSPS) is 22.1. The predicted molar refractivity (Wildman–Crippen MR) is 54.1 cm³/mol. The Hall–Kier alpha value is -0.740. The van der Waals surface area contributed by atoms with E-state index in [0.29, 0.717) is 10.8 Å². The van der Waals surface area contributed by atoms with Crippen LogP contribution in [0.4, 0.5) is 0 Å². The molecular weight excluding hydrogens is 182 g/mol. The van der Waals surface area contributed by atoms with Gasteiger partial charge in [0, 0.05) is 23.5 Å². The maximum atomic E-state index is 4.95. The third-order valence-corrected chi connectivity index (χ3v) is 2.69. The Balaban J connectivity index is 2.34. The molecule has 1 aliphatic heterocycles. The third kappa shape index (κ3) is 1.78. The third-order valence-electron chi connectivity index (χ3n) is 2.48. The molecule has 4 heteroatoms. The lowest BCUT2D eigenvalue weighted by Gasteiger charge is -2.12. The van der Waals surface area contributed by atoms with Crippen LogP contribution in [-0.4, -0.2) is 16.5 Å². The summed E-state index contributed by atoms with van der Waals surface area (Å²) in [6.45, 7) is 3.16. The minimum Gasteiger partial charge on any atom is -0.334 e. The van der Waals surface area contributed by atoms with E-state index in [9.17, 15) is 0 Å². The molecule has 0 saturated carbocycles. The Morgan fingerprint density at radius 3 is 3.08 bits per heavy atom. The first kappa shape index (κ1) is 8.84. The van der Waals surface area contributed by atoms with E-state index < -0.39 is 0 Å². The Bertz CT molecular complexity index is 352. The summed E-state index contributed by atoms with van der Waals surface area (Å²) in [6, 6.07) is 0.472. The maximum Gasteiger partial charge on any atom is 0.196 e. The second-order valence-corrected chi connectivity index (χ2v) is 3.80. The molecule has 0 aromatic carbocycles. The summed E-state index contributed by atoms with van der Waals surface area (Å²) in [4.78, 5) is 7.18. The van der Waals surface area contributed by atoms with Crippen LogP contribution in [0.2, 0.25) is 0 Å². The molecule has 0 amide bonds. The highest BCUT2D eigenvalue weighted by Gasteiger charge is 2.17. The molecule has 0 aliphatic carbocycles. The predicted octanol–water partition coefficient (Wildman–Crippen LogP) is 1.87. The average Bonchev–Trinajstić information content (AvgIpc) is 2.56. The van der Waals surface area contributed by atoms with E-state index >= 15 is 0 Å². The fourth-order valence-corrected chi connectivity index (χ4v) is 2.00. The molecule has 1 aromatic heterocycles. The molecule has 1 atom stereocenters.